The molecular weight excluding hydrogens is 300 g/mol. The maximum Gasteiger partial charge on any atom is 0.147 e. The van der Waals surface area contributed by atoms with E-state index in [1.54, 1.807) is 0 Å². The Bertz CT molecular complexity index is 589. The fourth-order valence-corrected chi connectivity index (χ4v) is 5.32. The Kier molecular flexibility index (Phi) is 4.23. The summed E-state index contributed by atoms with van der Waals surface area (Å²) in [6.07, 6.45) is 7.12. The van der Waals surface area contributed by atoms with E-state index in [4.69, 9.17) is 17.7 Å². The van der Waals surface area contributed by atoms with Crippen LogP contribution in [0.4, 0.5) is 0 Å². The van der Waals surface area contributed by atoms with Crippen LogP contribution in [0.5, 0.6) is 0 Å². The van der Waals surface area contributed by atoms with Crippen LogP contribution < -0.4 is 0 Å². The van der Waals surface area contributed by atoms with Gasteiger partial charge in [0.25, 0.3) is 0 Å². The van der Waals surface area contributed by atoms with E-state index >= 15 is 0 Å². The molecule has 0 aromatic carbocycles. The third-order valence-electron chi connectivity index (χ3n) is 6.65. The van der Waals surface area contributed by atoms with Crippen molar-refractivity contribution in [2.75, 3.05) is 13.9 Å². The first-order valence-electron chi connectivity index (χ1n) is 12.2. The first kappa shape index (κ1) is 12.9. The maximum absolute atomic E-state index is 10.9. The summed E-state index contributed by atoms with van der Waals surface area (Å²) in [4.78, 5) is 0. The summed E-state index contributed by atoms with van der Waals surface area (Å²) < 4.78 is 57.0. The molecule has 0 bridgehead atoms. The Morgan fingerprint density at radius 3 is 2.79 bits per heavy atom. The average molecular weight is 345 g/mol. The molecule has 0 saturated heterocycles. The summed E-state index contributed by atoms with van der Waals surface area (Å²) in [7, 11) is 1.30. The minimum Gasteiger partial charge on any atom is -0.389 e. The predicted octanol–water partition coefficient (Wildman–Crippen LogP) is 4.79. The first-order valence-corrected chi connectivity index (χ1v) is 9.21. The van der Waals surface area contributed by atoms with Crippen molar-refractivity contribution in [1.82, 2.24) is 0 Å². The molecule has 3 heteroatoms. The highest BCUT2D eigenvalue weighted by molar-refractivity contribution is 5.06. The van der Waals surface area contributed by atoms with Crippen molar-refractivity contribution in [2.45, 2.75) is 78.3 Å². The normalized spacial score (nSPS) is 41.5. The van der Waals surface area contributed by atoms with Gasteiger partial charge >= 0.3 is 0 Å². The molecule has 0 spiro atoms. The van der Waals surface area contributed by atoms with E-state index in [1.807, 2.05) is 6.92 Å². The van der Waals surface area contributed by atoms with Crippen molar-refractivity contribution in [1.29, 1.82) is 0 Å². The van der Waals surface area contributed by atoms with Crippen molar-refractivity contribution in [2.24, 2.45) is 29.1 Å². The molecule has 2 fully saturated rings. The lowest BCUT2D eigenvalue weighted by atomic mass is 9.59. The second-order valence-electron chi connectivity index (χ2n) is 8.16. The molecule has 0 aromatic rings. The maximum atomic E-state index is 10.9. The smallest absolute Gasteiger partial charge is 0.147 e. The molecule has 2 rings (SSSR count). The molecule has 24 heavy (non-hydrogen) atoms. The SMILES string of the molecule is [2H]C([2H])([2H])C(/C=C/[C@H](O)[C@@H](C)[C@H]1CC[C@H]2[C@@H](C)CCC[C@]12C)(OCOC)C([2H])([2H])[2H]. The standard InChI is InChI=1S/C21H38O3/c1-15-8-7-12-21(5)17(15)9-10-18(21)16(2)19(22)11-13-20(3,4)24-14-23-6/h11,13,15-19,22H,7-10,12,14H2,1-6H3/b13-11+/t15-,16-,17-,18+,19-,21-/m0/s1/i3D3,4D3. The number of aliphatic hydroxyl groups is 1. The highest BCUT2D eigenvalue weighted by atomic mass is 16.7. The van der Waals surface area contributed by atoms with E-state index < -0.39 is 32.2 Å². The highest BCUT2D eigenvalue weighted by Gasteiger charge is 2.52. The predicted molar refractivity (Wildman–Crippen MR) is 98.7 cm³/mol. The largest absolute Gasteiger partial charge is 0.389 e. The second kappa shape index (κ2) is 7.88. The minimum absolute atomic E-state index is 0.116. The number of ether oxygens (including phenoxy) is 2. The quantitative estimate of drug-likeness (QED) is 0.533. The molecule has 0 radical (unpaired) electrons. The average Bonchev–Trinajstić information content (AvgIpc) is 2.97. The summed E-state index contributed by atoms with van der Waals surface area (Å²) >= 11 is 0. The van der Waals surface area contributed by atoms with Gasteiger partial charge in [-0.1, -0.05) is 45.8 Å². The Labute approximate surface area is 157 Å². The fraction of sp³-hybridized carbons (Fsp3) is 0.905. The zero-order valence-electron chi connectivity index (χ0n) is 21.5. The lowest BCUT2D eigenvalue weighted by molar-refractivity contribution is -0.0924. The number of rotatable bonds is 7. The van der Waals surface area contributed by atoms with Gasteiger partial charge in [0.2, 0.25) is 0 Å². The Morgan fingerprint density at radius 2 is 2.12 bits per heavy atom. The van der Waals surface area contributed by atoms with E-state index in [0.29, 0.717) is 17.8 Å². The zero-order valence-corrected chi connectivity index (χ0v) is 15.5. The van der Waals surface area contributed by atoms with Crippen LogP contribution in [-0.2, 0) is 9.47 Å². The number of fused-ring (bicyclic) bond motifs is 1. The highest BCUT2D eigenvalue weighted by Crippen LogP contribution is 2.59. The number of aliphatic hydroxyl groups excluding tert-OH is 1. The van der Waals surface area contributed by atoms with E-state index in [2.05, 4.69) is 13.8 Å². The van der Waals surface area contributed by atoms with Gasteiger partial charge in [-0.3, -0.25) is 0 Å². The lowest BCUT2D eigenvalue weighted by Crippen LogP contribution is -2.40. The van der Waals surface area contributed by atoms with E-state index in [1.165, 1.54) is 26.0 Å². The summed E-state index contributed by atoms with van der Waals surface area (Å²) in [6.45, 7) is 0.231. The van der Waals surface area contributed by atoms with Gasteiger partial charge in [-0.05, 0) is 62.1 Å². The van der Waals surface area contributed by atoms with Crippen molar-refractivity contribution < 1.29 is 22.8 Å². The van der Waals surface area contributed by atoms with Crippen LogP contribution in [0.25, 0.3) is 0 Å². The molecule has 140 valence electrons. The third kappa shape index (κ3) is 4.23. The Hall–Kier alpha value is -0.380. The van der Waals surface area contributed by atoms with Crippen LogP contribution in [-0.4, -0.2) is 30.7 Å². The molecule has 0 aromatic heterocycles. The summed E-state index contributed by atoms with van der Waals surface area (Å²) in [5, 5.41) is 10.9. The van der Waals surface area contributed by atoms with Gasteiger partial charge in [0, 0.05) is 15.3 Å². The number of methoxy groups -OCH3 is 1. The summed E-state index contributed by atoms with van der Waals surface area (Å²) in [5.41, 5.74) is -2.39. The third-order valence-corrected chi connectivity index (χ3v) is 6.65. The van der Waals surface area contributed by atoms with Crippen LogP contribution in [0.2, 0.25) is 0 Å². The van der Waals surface area contributed by atoms with Crippen LogP contribution in [0.15, 0.2) is 12.2 Å². The molecule has 2 aliphatic rings. The molecule has 0 aliphatic heterocycles. The molecule has 2 aliphatic carbocycles. The van der Waals surface area contributed by atoms with Gasteiger partial charge in [0.15, 0.2) is 0 Å². The van der Waals surface area contributed by atoms with Gasteiger partial charge in [0.1, 0.15) is 6.79 Å². The van der Waals surface area contributed by atoms with Crippen LogP contribution in [0, 0.1) is 29.1 Å². The Balaban J connectivity index is 2.27. The number of hydrogen-bond acceptors (Lipinski definition) is 3. The molecule has 6 atom stereocenters. The molecule has 3 nitrogen and oxygen atoms in total. The zero-order chi connectivity index (χ0) is 23.0. The Morgan fingerprint density at radius 1 is 1.38 bits per heavy atom. The topological polar surface area (TPSA) is 38.7 Å². The summed E-state index contributed by atoms with van der Waals surface area (Å²) in [5.74, 6) is 1.51. The molecule has 0 heterocycles. The van der Waals surface area contributed by atoms with Crippen molar-refractivity contribution in [3.05, 3.63) is 12.2 Å². The molecule has 1 N–H and O–H groups in total. The van der Waals surface area contributed by atoms with E-state index in [9.17, 15) is 5.11 Å². The van der Waals surface area contributed by atoms with Crippen LogP contribution >= 0.6 is 0 Å². The molecule has 0 unspecified atom stereocenters. The minimum atomic E-state index is -2.96. The fourth-order valence-electron chi connectivity index (χ4n) is 5.32. The monoisotopic (exact) mass is 344 g/mol. The van der Waals surface area contributed by atoms with Crippen molar-refractivity contribution in [3.8, 4) is 0 Å². The van der Waals surface area contributed by atoms with Gasteiger partial charge in [-0.2, -0.15) is 0 Å². The molecule has 0 amide bonds. The van der Waals surface area contributed by atoms with Gasteiger partial charge < -0.3 is 14.6 Å². The lowest BCUT2D eigenvalue weighted by Gasteiger charge is -2.46. The van der Waals surface area contributed by atoms with Gasteiger partial charge in [-0.15, -0.1) is 0 Å². The van der Waals surface area contributed by atoms with Gasteiger partial charge in [0.05, 0.1) is 11.7 Å². The molecular formula is C21H38O3. The van der Waals surface area contributed by atoms with E-state index in [-0.39, 0.29) is 11.3 Å². The van der Waals surface area contributed by atoms with Crippen molar-refractivity contribution >= 4 is 0 Å². The summed E-state index contributed by atoms with van der Waals surface area (Å²) in [6, 6.07) is 0. The number of hydrogen-bond donors (Lipinski definition) is 1. The van der Waals surface area contributed by atoms with E-state index in [0.717, 1.165) is 25.3 Å². The van der Waals surface area contributed by atoms with Crippen LogP contribution in [0.3, 0.4) is 0 Å². The molecule has 2 saturated carbocycles. The van der Waals surface area contributed by atoms with Gasteiger partial charge in [-0.25, -0.2) is 0 Å². The van der Waals surface area contributed by atoms with Crippen LogP contribution in [0.1, 0.15) is 74.8 Å². The van der Waals surface area contributed by atoms with Crippen molar-refractivity contribution in [3.63, 3.8) is 0 Å². The second-order valence-corrected chi connectivity index (χ2v) is 8.16. The first-order chi connectivity index (χ1) is 13.7.